The third-order valence-corrected chi connectivity index (χ3v) is 3.85. The molecule has 3 N–H and O–H groups in total. The number of hydrogen-bond donors (Lipinski definition) is 3. The minimum Gasteiger partial charge on any atom is -0.493 e. The zero-order valence-corrected chi connectivity index (χ0v) is 14.8. The van der Waals surface area contributed by atoms with Crippen molar-refractivity contribution in [3.8, 4) is 5.75 Å². The molecular formula is C20H26N2O3. The summed E-state index contributed by atoms with van der Waals surface area (Å²) in [4.78, 5) is 12.1. The van der Waals surface area contributed by atoms with Crippen molar-refractivity contribution < 1.29 is 14.6 Å². The zero-order chi connectivity index (χ0) is 18.1. The maximum absolute atomic E-state index is 12.1. The fraction of sp³-hybridized carbons (Fsp3) is 0.350. The van der Waals surface area contributed by atoms with Crippen LogP contribution < -0.4 is 15.4 Å². The first-order chi connectivity index (χ1) is 12.1. The van der Waals surface area contributed by atoms with Crippen molar-refractivity contribution in [1.29, 1.82) is 0 Å². The number of carbonyl (C=O) groups is 1. The van der Waals surface area contributed by atoms with Crippen LogP contribution in [-0.2, 0) is 19.7 Å². The van der Waals surface area contributed by atoms with E-state index in [-0.39, 0.29) is 12.6 Å². The summed E-state index contributed by atoms with van der Waals surface area (Å²) < 4.78 is 5.76. The highest BCUT2D eigenvalue weighted by Crippen LogP contribution is 2.20. The molecule has 0 spiro atoms. The Balaban J connectivity index is 1.89. The van der Waals surface area contributed by atoms with E-state index >= 15 is 0 Å². The van der Waals surface area contributed by atoms with Gasteiger partial charge in [0.25, 0.3) is 0 Å². The van der Waals surface area contributed by atoms with Gasteiger partial charge in [-0.25, -0.2) is 4.79 Å². The highest BCUT2D eigenvalue weighted by atomic mass is 16.5. The number of ether oxygens (including phenoxy) is 1. The average molecular weight is 342 g/mol. The zero-order valence-electron chi connectivity index (χ0n) is 14.8. The summed E-state index contributed by atoms with van der Waals surface area (Å²) in [7, 11) is 0. The van der Waals surface area contributed by atoms with E-state index in [0.717, 1.165) is 34.4 Å². The summed E-state index contributed by atoms with van der Waals surface area (Å²) in [5, 5.41) is 15.0. The summed E-state index contributed by atoms with van der Waals surface area (Å²) >= 11 is 0. The van der Waals surface area contributed by atoms with Crippen molar-refractivity contribution in [2.75, 3.05) is 6.61 Å². The van der Waals surface area contributed by atoms with Gasteiger partial charge < -0.3 is 20.5 Å². The smallest absolute Gasteiger partial charge is 0.315 e. The highest BCUT2D eigenvalue weighted by molar-refractivity contribution is 5.74. The lowest BCUT2D eigenvalue weighted by atomic mass is 10.1. The van der Waals surface area contributed by atoms with Crippen LogP contribution in [0, 0.1) is 6.92 Å². The van der Waals surface area contributed by atoms with E-state index in [0.29, 0.717) is 19.7 Å². The summed E-state index contributed by atoms with van der Waals surface area (Å²) in [6.07, 6.45) is 0.936. The molecular weight excluding hydrogens is 316 g/mol. The Kier molecular flexibility index (Phi) is 7.29. The van der Waals surface area contributed by atoms with Gasteiger partial charge >= 0.3 is 6.03 Å². The molecule has 134 valence electrons. The number of aliphatic hydroxyl groups is 1. The summed E-state index contributed by atoms with van der Waals surface area (Å²) in [5.41, 5.74) is 3.80. The standard InChI is InChI=1S/C20H26N2O3/c1-3-10-25-19-11-15(2)8-9-17(19)13-22-20(24)21-12-16-6-4-5-7-18(16)14-23/h4-9,11,23H,3,10,12-14H2,1-2H3,(H2,21,22,24). The lowest BCUT2D eigenvalue weighted by Gasteiger charge is -2.14. The number of carbonyl (C=O) groups excluding carboxylic acids is 1. The van der Waals surface area contributed by atoms with Crippen molar-refractivity contribution >= 4 is 6.03 Å². The van der Waals surface area contributed by atoms with Crippen molar-refractivity contribution in [2.24, 2.45) is 0 Å². The van der Waals surface area contributed by atoms with Gasteiger partial charge in [-0.3, -0.25) is 0 Å². The second kappa shape index (κ2) is 9.69. The number of nitrogens with one attached hydrogen (secondary N) is 2. The first-order valence-electron chi connectivity index (χ1n) is 8.55. The van der Waals surface area contributed by atoms with Crippen LogP contribution in [0.3, 0.4) is 0 Å². The number of benzene rings is 2. The third kappa shape index (κ3) is 5.80. The molecule has 5 heteroatoms. The van der Waals surface area contributed by atoms with Crippen LogP contribution in [0.15, 0.2) is 42.5 Å². The SMILES string of the molecule is CCCOc1cc(C)ccc1CNC(=O)NCc1ccccc1CO. The highest BCUT2D eigenvalue weighted by Gasteiger charge is 2.07. The Morgan fingerprint density at radius 3 is 2.40 bits per heavy atom. The van der Waals surface area contributed by atoms with Crippen LogP contribution in [0.4, 0.5) is 4.79 Å². The number of rotatable bonds is 8. The number of hydrogen-bond acceptors (Lipinski definition) is 3. The third-order valence-electron chi connectivity index (χ3n) is 3.85. The maximum Gasteiger partial charge on any atom is 0.315 e. The maximum atomic E-state index is 12.1. The Labute approximate surface area is 149 Å². The average Bonchev–Trinajstić information content (AvgIpc) is 2.64. The summed E-state index contributed by atoms with van der Waals surface area (Å²) in [5.74, 6) is 0.813. The molecule has 0 fully saturated rings. The van der Waals surface area contributed by atoms with Crippen molar-refractivity contribution in [2.45, 2.75) is 40.0 Å². The Hall–Kier alpha value is -2.53. The lowest BCUT2D eigenvalue weighted by molar-refractivity contribution is 0.239. The topological polar surface area (TPSA) is 70.6 Å². The van der Waals surface area contributed by atoms with Crippen LogP contribution in [0.2, 0.25) is 0 Å². The number of urea groups is 1. The van der Waals surface area contributed by atoms with E-state index in [1.54, 1.807) is 0 Å². The first-order valence-corrected chi connectivity index (χ1v) is 8.55. The monoisotopic (exact) mass is 342 g/mol. The Morgan fingerprint density at radius 2 is 1.72 bits per heavy atom. The first kappa shape index (κ1) is 18.8. The molecule has 25 heavy (non-hydrogen) atoms. The lowest BCUT2D eigenvalue weighted by Crippen LogP contribution is -2.34. The molecule has 2 amide bonds. The van der Waals surface area contributed by atoms with Crippen molar-refractivity contribution in [3.63, 3.8) is 0 Å². The molecule has 2 aromatic rings. The normalized spacial score (nSPS) is 10.4. The van der Waals surface area contributed by atoms with Crippen LogP contribution in [0.25, 0.3) is 0 Å². The molecule has 0 aliphatic carbocycles. The molecule has 0 heterocycles. The van der Waals surface area contributed by atoms with E-state index in [4.69, 9.17) is 4.74 Å². The minimum atomic E-state index is -0.255. The van der Waals surface area contributed by atoms with Gasteiger partial charge in [0.05, 0.1) is 13.2 Å². The fourth-order valence-electron chi connectivity index (χ4n) is 2.45. The van der Waals surface area contributed by atoms with Gasteiger partial charge in [0.1, 0.15) is 5.75 Å². The van der Waals surface area contributed by atoms with E-state index in [2.05, 4.69) is 17.6 Å². The minimum absolute atomic E-state index is 0.0407. The largest absolute Gasteiger partial charge is 0.493 e. The van der Waals surface area contributed by atoms with Gasteiger partial charge in [-0.15, -0.1) is 0 Å². The second-order valence-electron chi connectivity index (χ2n) is 5.92. The van der Waals surface area contributed by atoms with E-state index < -0.39 is 0 Å². The predicted octanol–water partition coefficient (Wildman–Crippen LogP) is 3.28. The number of aliphatic hydroxyl groups excluding tert-OH is 1. The Morgan fingerprint density at radius 1 is 1.04 bits per heavy atom. The van der Waals surface area contributed by atoms with Gasteiger partial charge in [-0.05, 0) is 36.1 Å². The van der Waals surface area contributed by atoms with Crippen LogP contribution in [0.1, 0.15) is 35.6 Å². The van der Waals surface area contributed by atoms with Crippen LogP contribution >= 0.6 is 0 Å². The molecule has 0 radical (unpaired) electrons. The number of aryl methyl sites for hydroxylation is 1. The van der Waals surface area contributed by atoms with Gasteiger partial charge in [-0.2, -0.15) is 0 Å². The molecule has 0 unspecified atom stereocenters. The Bertz CT molecular complexity index is 701. The molecule has 0 aliphatic heterocycles. The molecule has 2 aromatic carbocycles. The van der Waals surface area contributed by atoms with Gasteiger partial charge in [0.2, 0.25) is 0 Å². The van der Waals surface area contributed by atoms with Crippen molar-refractivity contribution in [3.05, 3.63) is 64.7 Å². The van der Waals surface area contributed by atoms with E-state index in [9.17, 15) is 9.90 Å². The molecule has 0 atom stereocenters. The second-order valence-corrected chi connectivity index (χ2v) is 5.92. The van der Waals surface area contributed by atoms with Gasteiger partial charge in [0, 0.05) is 18.7 Å². The fourth-order valence-corrected chi connectivity index (χ4v) is 2.45. The van der Waals surface area contributed by atoms with E-state index in [1.807, 2.05) is 49.4 Å². The molecule has 0 saturated heterocycles. The molecule has 0 saturated carbocycles. The van der Waals surface area contributed by atoms with Gasteiger partial charge in [-0.1, -0.05) is 43.3 Å². The summed E-state index contributed by atoms with van der Waals surface area (Å²) in [6, 6.07) is 13.2. The predicted molar refractivity (Wildman–Crippen MR) is 98.4 cm³/mol. The summed E-state index contributed by atoms with van der Waals surface area (Å²) in [6.45, 7) is 5.46. The molecule has 0 bridgehead atoms. The molecule has 0 aromatic heterocycles. The number of amides is 2. The molecule has 0 aliphatic rings. The molecule has 5 nitrogen and oxygen atoms in total. The van der Waals surface area contributed by atoms with Crippen molar-refractivity contribution in [1.82, 2.24) is 10.6 Å². The van der Waals surface area contributed by atoms with E-state index in [1.165, 1.54) is 0 Å². The molecule has 2 rings (SSSR count). The quantitative estimate of drug-likeness (QED) is 0.689. The van der Waals surface area contributed by atoms with Crippen LogP contribution in [-0.4, -0.2) is 17.7 Å². The van der Waals surface area contributed by atoms with Gasteiger partial charge in [0.15, 0.2) is 0 Å². The van der Waals surface area contributed by atoms with Crippen LogP contribution in [0.5, 0.6) is 5.75 Å².